The molecule has 6 heteroatoms. The van der Waals surface area contributed by atoms with Crippen LogP contribution in [0.3, 0.4) is 0 Å². The molecule has 0 radical (unpaired) electrons. The number of halogens is 1. The first-order valence-corrected chi connectivity index (χ1v) is 6.77. The van der Waals surface area contributed by atoms with E-state index in [0.717, 1.165) is 24.5 Å². The zero-order valence-electron chi connectivity index (χ0n) is 12.6. The number of benzene rings is 1. The van der Waals surface area contributed by atoms with Gasteiger partial charge in [0, 0.05) is 19.1 Å². The first-order chi connectivity index (χ1) is 9.56. The second kappa shape index (κ2) is 7.52. The van der Waals surface area contributed by atoms with Crippen molar-refractivity contribution in [3.05, 3.63) is 23.3 Å². The molecule has 1 aliphatic rings. The van der Waals surface area contributed by atoms with Crippen LogP contribution in [-0.4, -0.2) is 43.3 Å². The van der Waals surface area contributed by atoms with Gasteiger partial charge >= 0.3 is 5.97 Å². The van der Waals surface area contributed by atoms with E-state index in [0.29, 0.717) is 6.54 Å². The van der Waals surface area contributed by atoms with Gasteiger partial charge in [0.2, 0.25) is 0 Å². The molecule has 118 valence electrons. The maximum absolute atomic E-state index is 10.7. The summed E-state index contributed by atoms with van der Waals surface area (Å²) in [4.78, 5) is 12.9. The van der Waals surface area contributed by atoms with Gasteiger partial charge in [0.25, 0.3) is 0 Å². The van der Waals surface area contributed by atoms with Gasteiger partial charge in [-0.3, -0.25) is 9.69 Å². The predicted octanol–water partition coefficient (Wildman–Crippen LogP) is 2.52. The van der Waals surface area contributed by atoms with Gasteiger partial charge in [-0.2, -0.15) is 0 Å². The Hall–Kier alpha value is -1.46. The second-order valence-corrected chi connectivity index (χ2v) is 5.01. The van der Waals surface area contributed by atoms with E-state index in [1.54, 1.807) is 14.2 Å². The Morgan fingerprint density at radius 3 is 2.52 bits per heavy atom. The van der Waals surface area contributed by atoms with E-state index in [1.807, 2.05) is 12.1 Å². The van der Waals surface area contributed by atoms with Gasteiger partial charge in [-0.05, 0) is 36.6 Å². The summed E-state index contributed by atoms with van der Waals surface area (Å²) in [6.45, 7) is 3.55. The van der Waals surface area contributed by atoms with Crippen molar-refractivity contribution in [1.82, 2.24) is 4.90 Å². The molecule has 5 nitrogen and oxygen atoms in total. The summed E-state index contributed by atoms with van der Waals surface area (Å²) < 4.78 is 10.7. The monoisotopic (exact) mass is 315 g/mol. The number of ether oxygens (including phenoxy) is 2. The van der Waals surface area contributed by atoms with Crippen molar-refractivity contribution in [3.63, 3.8) is 0 Å². The Morgan fingerprint density at radius 2 is 1.95 bits per heavy atom. The van der Waals surface area contributed by atoms with Crippen LogP contribution >= 0.6 is 12.4 Å². The first-order valence-electron chi connectivity index (χ1n) is 6.77. The fourth-order valence-corrected chi connectivity index (χ4v) is 2.74. The fraction of sp³-hybridized carbons (Fsp3) is 0.533. The van der Waals surface area contributed by atoms with Gasteiger partial charge in [0.1, 0.15) is 0 Å². The van der Waals surface area contributed by atoms with Crippen LogP contribution in [0.5, 0.6) is 11.5 Å². The number of hydrogen-bond acceptors (Lipinski definition) is 4. The largest absolute Gasteiger partial charge is 0.493 e. The Bertz CT molecular complexity index is 507. The highest BCUT2D eigenvalue weighted by Crippen LogP contribution is 2.37. The van der Waals surface area contributed by atoms with Crippen molar-refractivity contribution in [2.75, 3.05) is 27.3 Å². The average Bonchev–Trinajstić information content (AvgIpc) is 2.45. The van der Waals surface area contributed by atoms with Crippen LogP contribution in [0, 0.1) is 0 Å². The lowest BCUT2D eigenvalue weighted by Gasteiger charge is -2.35. The number of rotatable bonds is 5. The minimum absolute atomic E-state index is 0. The molecular weight excluding hydrogens is 294 g/mol. The van der Waals surface area contributed by atoms with Crippen LogP contribution in [0.2, 0.25) is 0 Å². The maximum Gasteiger partial charge on any atom is 0.304 e. The molecule has 2 rings (SSSR count). The Balaban J connectivity index is 0.00000220. The summed E-state index contributed by atoms with van der Waals surface area (Å²) in [5.41, 5.74) is 2.45. The minimum Gasteiger partial charge on any atom is -0.493 e. The molecule has 1 heterocycles. The quantitative estimate of drug-likeness (QED) is 0.904. The number of aliphatic carboxylic acids is 1. The lowest BCUT2D eigenvalue weighted by molar-refractivity contribution is -0.137. The maximum atomic E-state index is 10.7. The standard InChI is InChI=1S/C15H21NO4.ClH/c1-10-12-9-14(20-3)13(19-2)8-11(12)4-6-16(10)7-5-15(17)18;/h8-10H,4-7H2,1-3H3,(H,17,18);1H. The summed E-state index contributed by atoms with van der Waals surface area (Å²) in [5, 5.41) is 8.81. The minimum atomic E-state index is -0.754. The van der Waals surface area contributed by atoms with E-state index >= 15 is 0 Å². The lowest BCUT2D eigenvalue weighted by Crippen LogP contribution is -2.35. The van der Waals surface area contributed by atoms with Crippen LogP contribution in [0.15, 0.2) is 12.1 Å². The Morgan fingerprint density at radius 1 is 1.33 bits per heavy atom. The van der Waals surface area contributed by atoms with E-state index in [-0.39, 0.29) is 24.9 Å². The smallest absolute Gasteiger partial charge is 0.304 e. The molecule has 1 unspecified atom stereocenters. The van der Waals surface area contributed by atoms with Crippen LogP contribution in [0.25, 0.3) is 0 Å². The highest BCUT2D eigenvalue weighted by molar-refractivity contribution is 5.85. The van der Waals surface area contributed by atoms with E-state index in [4.69, 9.17) is 14.6 Å². The van der Waals surface area contributed by atoms with Gasteiger partial charge in [0.05, 0.1) is 20.6 Å². The summed E-state index contributed by atoms with van der Waals surface area (Å²) in [5.74, 6) is 0.714. The third-order valence-corrected chi connectivity index (χ3v) is 3.92. The molecule has 0 saturated heterocycles. The van der Waals surface area contributed by atoms with Crippen molar-refractivity contribution in [3.8, 4) is 11.5 Å². The molecule has 1 N–H and O–H groups in total. The molecule has 0 bridgehead atoms. The van der Waals surface area contributed by atoms with Gasteiger partial charge in [-0.1, -0.05) is 0 Å². The normalized spacial score (nSPS) is 17.6. The van der Waals surface area contributed by atoms with Crippen molar-refractivity contribution < 1.29 is 19.4 Å². The van der Waals surface area contributed by atoms with Gasteiger partial charge in [-0.25, -0.2) is 0 Å². The highest BCUT2D eigenvalue weighted by atomic mass is 35.5. The van der Waals surface area contributed by atoms with E-state index in [2.05, 4.69) is 11.8 Å². The molecule has 0 amide bonds. The molecular formula is C15H22ClNO4. The summed E-state index contributed by atoms with van der Waals surface area (Å²) >= 11 is 0. The third kappa shape index (κ3) is 3.80. The topological polar surface area (TPSA) is 59.0 Å². The summed E-state index contributed by atoms with van der Waals surface area (Å²) in [7, 11) is 3.26. The van der Waals surface area contributed by atoms with Gasteiger partial charge in [-0.15, -0.1) is 12.4 Å². The van der Waals surface area contributed by atoms with Crippen molar-refractivity contribution in [1.29, 1.82) is 0 Å². The van der Waals surface area contributed by atoms with E-state index < -0.39 is 5.97 Å². The van der Waals surface area contributed by atoms with E-state index in [9.17, 15) is 4.79 Å². The molecule has 1 aromatic carbocycles. The second-order valence-electron chi connectivity index (χ2n) is 5.01. The molecule has 0 fully saturated rings. The highest BCUT2D eigenvalue weighted by Gasteiger charge is 2.25. The number of nitrogens with zero attached hydrogens (tertiary/aromatic N) is 1. The number of carboxylic acid groups (broad SMARTS) is 1. The number of methoxy groups -OCH3 is 2. The molecule has 1 atom stereocenters. The molecule has 1 aromatic rings. The molecule has 0 spiro atoms. The molecule has 21 heavy (non-hydrogen) atoms. The predicted molar refractivity (Wildman–Crippen MR) is 82.7 cm³/mol. The van der Waals surface area contributed by atoms with Crippen LogP contribution in [0.1, 0.15) is 30.5 Å². The number of carbonyl (C=O) groups is 1. The van der Waals surface area contributed by atoms with E-state index in [1.165, 1.54) is 11.1 Å². The van der Waals surface area contributed by atoms with Crippen molar-refractivity contribution in [2.45, 2.75) is 25.8 Å². The van der Waals surface area contributed by atoms with Crippen LogP contribution in [-0.2, 0) is 11.2 Å². The Kier molecular flexibility index (Phi) is 6.30. The third-order valence-electron chi connectivity index (χ3n) is 3.92. The van der Waals surface area contributed by atoms with Crippen molar-refractivity contribution >= 4 is 18.4 Å². The van der Waals surface area contributed by atoms with Crippen LogP contribution < -0.4 is 9.47 Å². The first kappa shape index (κ1) is 17.6. The molecule has 0 aromatic heterocycles. The van der Waals surface area contributed by atoms with Gasteiger partial charge < -0.3 is 14.6 Å². The van der Waals surface area contributed by atoms with Gasteiger partial charge in [0.15, 0.2) is 11.5 Å². The lowest BCUT2D eigenvalue weighted by atomic mass is 9.92. The number of carboxylic acids is 1. The molecule has 1 aliphatic heterocycles. The summed E-state index contributed by atoms with van der Waals surface area (Å²) in [6.07, 6.45) is 1.08. The Labute approximate surface area is 131 Å². The fourth-order valence-electron chi connectivity index (χ4n) is 2.74. The average molecular weight is 316 g/mol. The van der Waals surface area contributed by atoms with Crippen LogP contribution in [0.4, 0.5) is 0 Å². The zero-order chi connectivity index (χ0) is 14.7. The molecule has 0 saturated carbocycles. The number of hydrogen-bond donors (Lipinski definition) is 1. The number of fused-ring (bicyclic) bond motifs is 1. The molecule has 0 aliphatic carbocycles. The SMILES string of the molecule is COc1cc2c(cc1OC)C(C)N(CCC(=O)O)CC2.Cl. The zero-order valence-corrected chi connectivity index (χ0v) is 13.4. The van der Waals surface area contributed by atoms with Crippen molar-refractivity contribution in [2.24, 2.45) is 0 Å². The summed E-state index contributed by atoms with van der Waals surface area (Å²) in [6, 6.07) is 4.23.